The fourth-order valence-electron chi connectivity index (χ4n) is 7.34. The molecule has 0 aromatic heterocycles. The number of hydrogen-bond donors (Lipinski definition) is 1. The first-order valence-corrected chi connectivity index (χ1v) is 12.8. The highest BCUT2D eigenvalue weighted by molar-refractivity contribution is 5.99. The summed E-state index contributed by atoms with van der Waals surface area (Å²) < 4.78 is 26.6. The fourth-order valence-corrected chi connectivity index (χ4v) is 7.34. The zero-order valence-corrected chi connectivity index (χ0v) is 19.5. The molecule has 0 aliphatic heterocycles. The van der Waals surface area contributed by atoms with Gasteiger partial charge in [-0.1, -0.05) is 0 Å². The molecular formula is C27H34FNO4. The van der Waals surface area contributed by atoms with Gasteiger partial charge in [0.1, 0.15) is 17.1 Å². The summed E-state index contributed by atoms with van der Waals surface area (Å²) in [5.74, 6) is 1.90. The molecule has 0 heterocycles. The van der Waals surface area contributed by atoms with Crippen LogP contribution in [0.5, 0.6) is 5.75 Å². The summed E-state index contributed by atoms with van der Waals surface area (Å²) in [6.07, 6.45) is 11.0. The van der Waals surface area contributed by atoms with Crippen LogP contribution in [0.2, 0.25) is 0 Å². The molecule has 6 fully saturated rings. The second kappa shape index (κ2) is 7.71. The van der Waals surface area contributed by atoms with Gasteiger partial charge in [0.05, 0.1) is 18.8 Å². The molecule has 1 amide bonds. The molecule has 1 aromatic rings. The SMILES string of the molecule is CCOC(=O)C1(NC(=O)c2cc(C3CC3)c(OCC34CC5CC(CC(C5)C3)C4)cc2F)CC1. The lowest BCUT2D eigenvalue weighted by Crippen LogP contribution is -2.48. The van der Waals surface area contributed by atoms with Crippen molar-refractivity contribution < 1.29 is 23.5 Å². The Labute approximate surface area is 194 Å². The highest BCUT2D eigenvalue weighted by Gasteiger charge is 2.53. The summed E-state index contributed by atoms with van der Waals surface area (Å²) in [6.45, 7) is 2.65. The van der Waals surface area contributed by atoms with Crippen LogP contribution < -0.4 is 10.1 Å². The van der Waals surface area contributed by atoms with Gasteiger partial charge in [0.25, 0.3) is 5.91 Å². The number of rotatable bonds is 8. The van der Waals surface area contributed by atoms with Crippen molar-refractivity contribution in [3.63, 3.8) is 0 Å². The van der Waals surface area contributed by atoms with Crippen molar-refractivity contribution in [2.75, 3.05) is 13.2 Å². The Kier molecular flexibility index (Phi) is 5.00. The van der Waals surface area contributed by atoms with Gasteiger partial charge >= 0.3 is 5.97 Å². The van der Waals surface area contributed by atoms with E-state index in [1.54, 1.807) is 13.0 Å². The van der Waals surface area contributed by atoms with Crippen LogP contribution in [0, 0.1) is 29.0 Å². The van der Waals surface area contributed by atoms with Gasteiger partial charge in [0.2, 0.25) is 0 Å². The van der Waals surface area contributed by atoms with Crippen molar-refractivity contribution in [2.24, 2.45) is 23.2 Å². The largest absolute Gasteiger partial charge is 0.493 e. The van der Waals surface area contributed by atoms with Crippen LogP contribution in [0.25, 0.3) is 0 Å². The van der Waals surface area contributed by atoms with E-state index in [1.807, 2.05) is 0 Å². The van der Waals surface area contributed by atoms with Gasteiger partial charge in [-0.3, -0.25) is 4.79 Å². The first kappa shape index (κ1) is 21.4. The van der Waals surface area contributed by atoms with E-state index in [9.17, 15) is 9.59 Å². The third-order valence-corrected chi connectivity index (χ3v) is 8.83. The second-order valence-electron chi connectivity index (χ2n) is 11.6. The molecule has 0 atom stereocenters. The van der Waals surface area contributed by atoms with E-state index in [2.05, 4.69) is 5.32 Å². The molecule has 0 radical (unpaired) electrons. The lowest BCUT2D eigenvalue weighted by Gasteiger charge is -2.56. The number of benzene rings is 1. The minimum atomic E-state index is -0.993. The molecule has 6 aliphatic carbocycles. The topological polar surface area (TPSA) is 64.6 Å². The average Bonchev–Trinajstić information content (AvgIpc) is 3.67. The van der Waals surface area contributed by atoms with E-state index in [0.717, 1.165) is 36.2 Å². The number of halogens is 1. The Balaban J connectivity index is 1.20. The van der Waals surface area contributed by atoms with Crippen LogP contribution in [0.4, 0.5) is 4.39 Å². The predicted molar refractivity (Wildman–Crippen MR) is 121 cm³/mol. The van der Waals surface area contributed by atoms with Crippen LogP contribution >= 0.6 is 0 Å². The molecule has 1 N–H and O–H groups in total. The molecule has 6 heteroatoms. The van der Waals surface area contributed by atoms with Gasteiger partial charge in [0, 0.05) is 11.5 Å². The molecule has 6 saturated carbocycles. The maximum Gasteiger partial charge on any atom is 0.331 e. The van der Waals surface area contributed by atoms with Crippen LogP contribution in [0.1, 0.15) is 93.0 Å². The van der Waals surface area contributed by atoms with E-state index < -0.39 is 23.2 Å². The zero-order chi connectivity index (χ0) is 22.8. The van der Waals surface area contributed by atoms with Crippen molar-refractivity contribution in [2.45, 2.75) is 82.6 Å². The van der Waals surface area contributed by atoms with Crippen molar-refractivity contribution in [1.29, 1.82) is 0 Å². The van der Waals surface area contributed by atoms with Crippen LogP contribution in [-0.4, -0.2) is 30.6 Å². The molecular weight excluding hydrogens is 421 g/mol. The Morgan fingerprint density at radius 3 is 2.24 bits per heavy atom. The third-order valence-electron chi connectivity index (χ3n) is 8.83. The standard InChI is InChI=1S/C27H34FNO4/c1-2-32-25(31)27(5-6-27)29-24(30)21-10-20(19-3-4-19)23(11-22(21)28)33-15-26-12-16-7-17(13-26)9-18(8-16)14-26/h10-11,16-19H,2-9,12-15H2,1H3,(H,29,30). The van der Waals surface area contributed by atoms with Gasteiger partial charge in [-0.25, -0.2) is 9.18 Å². The van der Waals surface area contributed by atoms with E-state index >= 15 is 4.39 Å². The van der Waals surface area contributed by atoms with Gasteiger partial charge in [-0.05, 0) is 106 Å². The zero-order valence-electron chi connectivity index (χ0n) is 19.5. The van der Waals surface area contributed by atoms with Gasteiger partial charge < -0.3 is 14.8 Å². The Morgan fingerprint density at radius 1 is 1.06 bits per heavy atom. The number of esters is 1. The molecule has 7 rings (SSSR count). The quantitative estimate of drug-likeness (QED) is 0.553. The van der Waals surface area contributed by atoms with Crippen molar-refractivity contribution in [3.05, 3.63) is 29.1 Å². The van der Waals surface area contributed by atoms with E-state index in [4.69, 9.17) is 9.47 Å². The molecule has 1 aromatic carbocycles. The number of amides is 1. The minimum absolute atomic E-state index is 0.00497. The monoisotopic (exact) mass is 455 g/mol. The van der Waals surface area contributed by atoms with Gasteiger partial charge in [-0.2, -0.15) is 0 Å². The Bertz CT molecular complexity index is 945. The summed E-state index contributed by atoms with van der Waals surface area (Å²) in [6, 6.07) is 3.07. The predicted octanol–water partition coefficient (Wildman–Crippen LogP) is 5.12. The van der Waals surface area contributed by atoms with Crippen molar-refractivity contribution in [1.82, 2.24) is 5.32 Å². The summed E-state index contributed by atoms with van der Waals surface area (Å²) in [5, 5.41) is 2.74. The Morgan fingerprint density at radius 2 is 1.70 bits per heavy atom. The van der Waals surface area contributed by atoms with E-state index in [0.29, 0.717) is 31.1 Å². The average molecular weight is 456 g/mol. The van der Waals surface area contributed by atoms with Crippen molar-refractivity contribution >= 4 is 11.9 Å². The molecule has 6 aliphatic rings. The maximum atomic E-state index is 15.1. The van der Waals surface area contributed by atoms with Crippen molar-refractivity contribution in [3.8, 4) is 5.75 Å². The lowest BCUT2D eigenvalue weighted by atomic mass is 9.50. The fraction of sp³-hybridized carbons (Fsp3) is 0.704. The number of nitrogens with one attached hydrogen (secondary N) is 1. The number of hydrogen-bond acceptors (Lipinski definition) is 4. The summed E-state index contributed by atoms with van der Waals surface area (Å²) in [5.41, 5.74) is 0.189. The number of ether oxygens (including phenoxy) is 2. The van der Waals surface area contributed by atoms with Crippen LogP contribution in [0.3, 0.4) is 0 Å². The third kappa shape index (κ3) is 3.93. The van der Waals surface area contributed by atoms with E-state index in [1.165, 1.54) is 44.6 Å². The molecule has 178 valence electrons. The first-order chi connectivity index (χ1) is 15.9. The second-order valence-corrected chi connectivity index (χ2v) is 11.6. The number of carbonyl (C=O) groups excluding carboxylic acids is 2. The summed E-state index contributed by atoms with van der Waals surface area (Å²) >= 11 is 0. The first-order valence-electron chi connectivity index (χ1n) is 12.8. The van der Waals surface area contributed by atoms with E-state index in [-0.39, 0.29) is 17.6 Å². The van der Waals surface area contributed by atoms with Crippen LogP contribution in [0.15, 0.2) is 12.1 Å². The minimum Gasteiger partial charge on any atom is -0.493 e. The molecule has 4 bridgehead atoms. The molecule has 0 spiro atoms. The molecule has 0 saturated heterocycles. The molecule has 33 heavy (non-hydrogen) atoms. The Hall–Kier alpha value is -2.11. The summed E-state index contributed by atoms with van der Waals surface area (Å²) in [4.78, 5) is 25.1. The smallest absolute Gasteiger partial charge is 0.331 e. The lowest BCUT2D eigenvalue weighted by molar-refractivity contribution is -0.146. The normalized spacial score (nSPS) is 33.0. The maximum absolute atomic E-state index is 15.1. The molecule has 5 nitrogen and oxygen atoms in total. The number of carbonyl (C=O) groups is 2. The van der Waals surface area contributed by atoms with Crippen LogP contribution in [-0.2, 0) is 9.53 Å². The van der Waals surface area contributed by atoms with Gasteiger partial charge in [-0.15, -0.1) is 0 Å². The highest BCUT2D eigenvalue weighted by Crippen LogP contribution is 2.60. The molecule has 0 unspecified atom stereocenters. The van der Waals surface area contributed by atoms with Gasteiger partial charge in [0.15, 0.2) is 0 Å². The summed E-state index contributed by atoms with van der Waals surface area (Å²) in [7, 11) is 0. The highest BCUT2D eigenvalue weighted by atomic mass is 19.1.